The van der Waals surface area contributed by atoms with E-state index >= 15 is 0 Å². The Morgan fingerprint density at radius 3 is 2.83 bits per heavy atom. The number of amides is 1. The Morgan fingerprint density at radius 1 is 1.42 bits per heavy atom. The van der Waals surface area contributed by atoms with Crippen LogP contribution in [0.15, 0.2) is 30.5 Å². The van der Waals surface area contributed by atoms with Crippen molar-refractivity contribution in [2.24, 2.45) is 0 Å². The number of nitriles is 1. The van der Waals surface area contributed by atoms with E-state index in [1.54, 1.807) is 29.9 Å². The largest absolute Gasteiger partial charge is 0.310 e. The van der Waals surface area contributed by atoms with E-state index in [0.29, 0.717) is 17.1 Å². The van der Waals surface area contributed by atoms with Crippen molar-refractivity contribution in [3.8, 4) is 6.07 Å². The quantitative estimate of drug-likeness (QED) is 0.865. The minimum absolute atomic E-state index is 0.136. The number of carbonyl (C=O) groups is 1. The Kier molecular flexibility index (Phi) is 5.99. The third-order valence-corrected chi connectivity index (χ3v) is 4.65. The maximum Gasteiger partial charge on any atom is 0.238 e. The van der Waals surface area contributed by atoms with Gasteiger partial charge in [0.1, 0.15) is 11.6 Å². The Morgan fingerprint density at radius 2 is 2.17 bits per heavy atom. The Hall–Kier alpha value is -2.33. The highest BCUT2D eigenvalue weighted by Crippen LogP contribution is 2.22. The van der Waals surface area contributed by atoms with Gasteiger partial charge in [-0.25, -0.2) is 9.07 Å². The zero-order chi connectivity index (χ0) is 17.7. The number of nitrogens with one attached hydrogen (secondary N) is 1. The first kappa shape index (κ1) is 18.0. The SMILES string of the molecule is CC(C)n1nccc1NC(=O)[C@H](C)SCc1ccc(F)cc1C#N. The molecule has 1 atom stereocenters. The van der Waals surface area contributed by atoms with Gasteiger partial charge in [0.25, 0.3) is 0 Å². The fraction of sp³-hybridized carbons (Fsp3) is 0.353. The van der Waals surface area contributed by atoms with Crippen molar-refractivity contribution < 1.29 is 9.18 Å². The van der Waals surface area contributed by atoms with Crippen LogP contribution in [0.25, 0.3) is 0 Å². The fourth-order valence-corrected chi connectivity index (χ4v) is 3.01. The van der Waals surface area contributed by atoms with E-state index in [1.165, 1.54) is 23.9 Å². The second-order valence-electron chi connectivity index (χ2n) is 5.61. The normalized spacial score (nSPS) is 12.0. The van der Waals surface area contributed by atoms with Crippen LogP contribution in [-0.2, 0) is 10.5 Å². The predicted molar refractivity (Wildman–Crippen MR) is 93.1 cm³/mol. The molecule has 7 heteroatoms. The van der Waals surface area contributed by atoms with Gasteiger partial charge in [-0.3, -0.25) is 4.79 Å². The van der Waals surface area contributed by atoms with E-state index in [0.717, 1.165) is 5.56 Å². The highest BCUT2D eigenvalue weighted by atomic mass is 32.2. The molecule has 24 heavy (non-hydrogen) atoms. The zero-order valence-electron chi connectivity index (χ0n) is 13.8. The van der Waals surface area contributed by atoms with E-state index < -0.39 is 5.82 Å². The van der Waals surface area contributed by atoms with E-state index in [2.05, 4.69) is 10.4 Å². The molecule has 0 saturated heterocycles. The smallest absolute Gasteiger partial charge is 0.238 e. The van der Waals surface area contributed by atoms with Crippen molar-refractivity contribution in [2.75, 3.05) is 5.32 Å². The summed E-state index contributed by atoms with van der Waals surface area (Å²) in [7, 11) is 0. The molecule has 0 bridgehead atoms. The van der Waals surface area contributed by atoms with Gasteiger partial charge in [0.2, 0.25) is 5.91 Å². The summed E-state index contributed by atoms with van der Waals surface area (Å²) in [5, 5.41) is 15.8. The molecule has 1 aromatic carbocycles. The summed E-state index contributed by atoms with van der Waals surface area (Å²) < 4.78 is 14.9. The summed E-state index contributed by atoms with van der Waals surface area (Å²) in [5.41, 5.74) is 1.02. The van der Waals surface area contributed by atoms with Crippen LogP contribution in [0.2, 0.25) is 0 Å². The zero-order valence-corrected chi connectivity index (χ0v) is 14.6. The molecule has 0 saturated carbocycles. The fourth-order valence-electron chi connectivity index (χ4n) is 2.12. The summed E-state index contributed by atoms with van der Waals surface area (Å²) in [4.78, 5) is 12.3. The summed E-state index contributed by atoms with van der Waals surface area (Å²) >= 11 is 1.39. The second-order valence-corrected chi connectivity index (χ2v) is 6.94. The number of halogens is 1. The van der Waals surface area contributed by atoms with E-state index in [1.807, 2.05) is 19.9 Å². The van der Waals surface area contributed by atoms with Crippen LogP contribution >= 0.6 is 11.8 Å². The number of benzene rings is 1. The van der Waals surface area contributed by atoms with Crippen LogP contribution in [0.1, 0.15) is 37.9 Å². The molecule has 1 amide bonds. The maximum atomic E-state index is 13.1. The molecule has 2 rings (SSSR count). The van der Waals surface area contributed by atoms with Gasteiger partial charge in [0, 0.05) is 17.9 Å². The lowest BCUT2D eigenvalue weighted by molar-refractivity contribution is -0.115. The first-order valence-corrected chi connectivity index (χ1v) is 8.61. The average Bonchev–Trinajstić information content (AvgIpc) is 3.01. The molecule has 1 heterocycles. The van der Waals surface area contributed by atoms with Crippen LogP contribution in [0.4, 0.5) is 10.2 Å². The maximum absolute atomic E-state index is 13.1. The molecule has 0 unspecified atom stereocenters. The first-order valence-electron chi connectivity index (χ1n) is 7.57. The Labute approximate surface area is 144 Å². The number of aromatic nitrogens is 2. The number of hydrogen-bond acceptors (Lipinski definition) is 4. The van der Waals surface area contributed by atoms with E-state index in [-0.39, 0.29) is 17.2 Å². The van der Waals surface area contributed by atoms with Crippen LogP contribution in [-0.4, -0.2) is 20.9 Å². The third-order valence-electron chi connectivity index (χ3n) is 3.46. The molecular formula is C17H19FN4OS. The van der Waals surface area contributed by atoms with Crippen molar-refractivity contribution in [1.29, 1.82) is 5.26 Å². The molecule has 0 aliphatic carbocycles. The molecule has 0 aliphatic rings. The molecule has 1 N–H and O–H groups in total. The Bertz CT molecular complexity index is 766. The summed E-state index contributed by atoms with van der Waals surface area (Å²) in [6.07, 6.45) is 1.64. The second kappa shape index (κ2) is 7.97. The number of carbonyl (C=O) groups excluding carboxylic acids is 1. The van der Waals surface area contributed by atoms with E-state index in [9.17, 15) is 9.18 Å². The predicted octanol–water partition coefficient (Wildman–Crippen LogP) is 3.74. The minimum Gasteiger partial charge on any atom is -0.310 e. The lowest BCUT2D eigenvalue weighted by atomic mass is 10.1. The standard InChI is InChI=1S/C17H19FN4OS/c1-11(2)22-16(6-7-20-22)21-17(23)12(3)24-10-13-4-5-15(18)8-14(13)9-19/h4-8,11-12H,10H2,1-3H3,(H,21,23)/t12-/m0/s1. The summed E-state index contributed by atoms with van der Waals surface area (Å²) in [5.74, 6) is 0.541. The molecule has 0 aliphatic heterocycles. The monoisotopic (exact) mass is 346 g/mol. The van der Waals surface area contributed by atoms with Gasteiger partial charge in [0.15, 0.2) is 0 Å². The molecule has 0 spiro atoms. The van der Waals surface area contributed by atoms with E-state index in [4.69, 9.17) is 5.26 Å². The van der Waals surface area contributed by atoms with Crippen molar-refractivity contribution in [1.82, 2.24) is 9.78 Å². The van der Waals surface area contributed by atoms with Crippen LogP contribution in [0.5, 0.6) is 0 Å². The molecule has 0 fully saturated rings. The van der Waals surface area contributed by atoms with Crippen LogP contribution in [0, 0.1) is 17.1 Å². The number of anilines is 1. The topological polar surface area (TPSA) is 70.7 Å². The van der Waals surface area contributed by atoms with Gasteiger partial charge in [-0.1, -0.05) is 6.07 Å². The third kappa shape index (κ3) is 4.36. The Balaban J connectivity index is 1.97. The lowest BCUT2D eigenvalue weighted by Crippen LogP contribution is -2.24. The molecule has 5 nitrogen and oxygen atoms in total. The van der Waals surface area contributed by atoms with Crippen molar-refractivity contribution in [2.45, 2.75) is 37.8 Å². The van der Waals surface area contributed by atoms with Crippen molar-refractivity contribution in [3.05, 3.63) is 47.4 Å². The van der Waals surface area contributed by atoms with Gasteiger partial charge >= 0.3 is 0 Å². The molecule has 2 aromatic rings. The number of hydrogen-bond donors (Lipinski definition) is 1. The van der Waals surface area contributed by atoms with Gasteiger partial charge in [-0.2, -0.15) is 10.4 Å². The van der Waals surface area contributed by atoms with Gasteiger partial charge in [0.05, 0.1) is 23.1 Å². The van der Waals surface area contributed by atoms with Gasteiger partial charge in [-0.15, -0.1) is 11.8 Å². The van der Waals surface area contributed by atoms with Crippen molar-refractivity contribution >= 4 is 23.5 Å². The average molecular weight is 346 g/mol. The molecule has 0 radical (unpaired) electrons. The molecule has 1 aromatic heterocycles. The number of rotatable bonds is 6. The number of thioether (sulfide) groups is 1. The van der Waals surface area contributed by atoms with Crippen LogP contribution in [0.3, 0.4) is 0 Å². The highest BCUT2D eigenvalue weighted by molar-refractivity contribution is 7.99. The lowest BCUT2D eigenvalue weighted by Gasteiger charge is -2.15. The minimum atomic E-state index is -0.437. The van der Waals surface area contributed by atoms with Crippen molar-refractivity contribution in [3.63, 3.8) is 0 Å². The first-order chi connectivity index (χ1) is 11.4. The summed E-state index contributed by atoms with van der Waals surface area (Å²) in [6, 6.07) is 8.00. The molecular weight excluding hydrogens is 327 g/mol. The summed E-state index contributed by atoms with van der Waals surface area (Å²) in [6.45, 7) is 5.77. The van der Waals surface area contributed by atoms with Crippen LogP contribution < -0.4 is 5.32 Å². The van der Waals surface area contributed by atoms with Gasteiger partial charge < -0.3 is 5.32 Å². The number of nitrogens with zero attached hydrogens (tertiary/aromatic N) is 3. The molecule has 126 valence electrons. The highest BCUT2D eigenvalue weighted by Gasteiger charge is 2.17. The van der Waals surface area contributed by atoms with Gasteiger partial charge in [-0.05, 0) is 38.5 Å².